The van der Waals surface area contributed by atoms with Gasteiger partial charge in [-0.1, -0.05) is 36.4 Å². The fourth-order valence-electron chi connectivity index (χ4n) is 2.38. The fourth-order valence-corrected chi connectivity index (χ4v) is 5.50. The zero-order chi connectivity index (χ0) is 19.3. The number of halogens is 3. The van der Waals surface area contributed by atoms with Crippen molar-refractivity contribution >= 4 is 19.9 Å². The number of rotatable bonds is 3. The molecular weight excluding hydrogens is 381 g/mol. The number of hydrogen-bond donors (Lipinski definition) is 2. The van der Waals surface area contributed by atoms with E-state index in [9.17, 15) is 30.0 Å². The van der Waals surface area contributed by atoms with Gasteiger partial charge in [-0.05, 0) is 18.6 Å². The highest BCUT2D eigenvalue weighted by molar-refractivity contribution is 7.94. The van der Waals surface area contributed by atoms with E-state index in [0.29, 0.717) is 12.2 Å². The molecule has 1 aromatic carbocycles. The van der Waals surface area contributed by atoms with Gasteiger partial charge in [0.15, 0.2) is 9.84 Å². The van der Waals surface area contributed by atoms with Gasteiger partial charge in [-0.15, -0.1) is 0 Å². The van der Waals surface area contributed by atoms with Crippen LogP contribution in [0, 0.1) is 6.92 Å². The minimum Gasteiger partial charge on any atom is -0.311 e. The van der Waals surface area contributed by atoms with Gasteiger partial charge >= 0.3 is 6.18 Å². The van der Waals surface area contributed by atoms with E-state index in [1.54, 1.807) is 0 Å². The molecule has 0 spiro atoms. The zero-order valence-corrected chi connectivity index (χ0v) is 14.5. The van der Waals surface area contributed by atoms with E-state index in [4.69, 9.17) is 10.9 Å². The Morgan fingerprint density at radius 1 is 1.08 bits per heavy atom. The lowest BCUT2D eigenvalue weighted by atomic mass is 9.94. The van der Waals surface area contributed by atoms with Gasteiger partial charge in [-0.2, -0.15) is 13.2 Å². The van der Waals surface area contributed by atoms with Crippen LogP contribution >= 0.6 is 0 Å². The first-order valence-corrected chi connectivity index (χ1v) is 9.90. The Hall–Kier alpha value is -1.69. The Balaban J connectivity index is 2.56. The number of sulfonamides is 1. The van der Waals surface area contributed by atoms with Gasteiger partial charge in [0.1, 0.15) is 15.7 Å². The van der Waals surface area contributed by atoms with Crippen molar-refractivity contribution in [1.29, 1.82) is 0 Å². The van der Waals surface area contributed by atoms with Gasteiger partial charge in [0.05, 0.1) is 4.90 Å². The van der Waals surface area contributed by atoms with Gasteiger partial charge in [0.25, 0.3) is 0 Å². The number of alkyl halides is 3. The second-order valence-corrected chi connectivity index (χ2v) is 9.18. The number of nitrogens with two attached hydrogens (primary N) is 2. The smallest absolute Gasteiger partial charge is 0.311 e. The molecule has 0 radical (unpaired) electrons. The van der Waals surface area contributed by atoms with Crippen molar-refractivity contribution in [3.05, 3.63) is 48.1 Å². The molecule has 0 heterocycles. The summed E-state index contributed by atoms with van der Waals surface area (Å²) in [6.45, 7) is 1.36. The quantitative estimate of drug-likeness (QED) is 0.743. The summed E-state index contributed by atoms with van der Waals surface area (Å²) in [5.41, 5.74) is 2.52. The first-order valence-electron chi connectivity index (χ1n) is 6.81. The maximum absolute atomic E-state index is 12.9. The number of benzene rings is 1. The highest BCUT2D eigenvalue weighted by atomic mass is 32.2. The van der Waals surface area contributed by atoms with Crippen molar-refractivity contribution < 1.29 is 30.0 Å². The van der Waals surface area contributed by atoms with Crippen LogP contribution < -0.4 is 10.9 Å². The van der Waals surface area contributed by atoms with Crippen molar-refractivity contribution in [2.75, 3.05) is 0 Å². The summed E-state index contributed by atoms with van der Waals surface area (Å²) >= 11 is 0. The van der Waals surface area contributed by atoms with Gasteiger partial charge in [-0.3, -0.25) is 0 Å². The summed E-state index contributed by atoms with van der Waals surface area (Å²) in [7, 11) is -8.71. The SMILES string of the molecule is Cc1cccc(S(=O)(=O)C2C=CC(N)(C(F)(F)F)C=C2)c1S(N)(=O)=O. The first kappa shape index (κ1) is 19.6. The Labute approximate surface area is 143 Å². The lowest BCUT2D eigenvalue weighted by Crippen LogP contribution is -2.51. The Bertz CT molecular complexity index is 950. The predicted molar refractivity (Wildman–Crippen MR) is 84.8 cm³/mol. The molecular formula is C14H15F3N2O4S2. The van der Waals surface area contributed by atoms with Crippen LogP contribution in [0.15, 0.2) is 52.3 Å². The van der Waals surface area contributed by atoms with Gasteiger partial charge in [-0.25, -0.2) is 22.0 Å². The molecule has 6 nitrogen and oxygen atoms in total. The summed E-state index contributed by atoms with van der Waals surface area (Å²) in [4.78, 5) is -1.16. The molecule has 138 valence electrons. The van der Waals surface area contributed by atoms with Crippen LogP contribution in [-0.2, 0) is 19.9 Å². The highest BCUT2D eigenvalue weighted by Gasteiger charge is 2.50. The molecule has 0 amide bonds. The number of aryl methyl sites for hydroxylation is 1. The average Bonchev–Trinajstić information content (AvgIpc) is 2.45. The molecule has 0 fully saturated rings. The second kappa shape index (κ2) is 5.94. The first-order chi connectivity index (χ1) is 11.2. The lowest BCUT2D eigenvalue weighted by molar-refractivity contribution is -0.158. The van der Waals surface area contributed by atoms with Crippen molar-refractivity contribution in [3.63, 3.8) is 0 Å². The molecule has 0 aromatic heterocycles. The van der Waals surface area contributed by atoms with E-state index in [-0.39, 0.29) is 5.56 Å². The Morgan fingerprint density at radius 2 is 1.60 bits per heavy atom. The van der Waals surface area contributed by atoms with Crippen LogP contribution in [0.1, 0.15) is 5.56 Å². The maximum atomic E-state index is 12.9. The molecule has 0 atom stereocenters. The molecule has 4 N–H and O–H groups in total. The summed E-state index contributed by atoms with van der Waals surface area (Å²) in [5.74, 6) is 0. The molecule has 0 bridgehead atoms. The summed E-state index contributed by atoms with van der Waals surface area (Å²) in [6.07, 6.45) is -2.19. The average molecular weight is 396 g/mol. The third-order valence-corrected chi connectivity index (χ3v) is 6.96. The van der Waals surface area contributed by atoms with E-state index in [1.165, 1.54) is 19.1 Å². The minimum absolute atomic E-state index is 0.107. The third kappa shape index (κ3) is 3.50. The molecule has 1 aromatic rings. The molecule has 2 rings (SSSR count). The van der Waals surface area contributed by atoms with Gasteiger partial charge in [0, 0.05) is 0 Å². The van der Waals surface area contributed by atoms with E-state index in [1.807, 2.05) is 0 Å². The van der Waals surface area contributed by atoms with Crippen LogP contribution in [-0.4, -0.2) is 33.8 Å². The molecule has 25 heavy (non-hydrogen) atoms. The summed E-state index contributed by atoms with van der Waals surface area (Å²) in [6, 6.07) is 3.72. The Kier molecular flexibility index (Phi) is 4.66. The molecule has 1 aliphatic rings. The topological polar surface area (TPSA) is 120 Å². The van der Waals surface area contributed by atoms with Gasteiger partial charge < -0.3 is 5.73 Å². The molecule has 0 saturated heterocycles. The zero-order valence-electron chi connectivity index (χ0n) is 12.9. The van der Waals surface area contributed by atoms with Gasteiger partial charge in [0.2, 0.25) is 10.0 Å². The molecule has 0 aliphatic heterocycles. The van der Waals surface area contributed by atoms with Crippen LogP contribution in [0.4, 0.5) is 13.2 Å². The fraction of sp³-hybridized carbons (Fsp3) is 0.286. The van der Waals surface area contributed by atoms with Crippen LogP contribution in [0.5, 0.6) is 0 Å². The van der Waals surface area contributed by atoms with E-state index in [0.717, 1.165) is 18.2 Å². The number of primary sulfonamides is 1. The van der Waals surface area contributed by atoms with E-state index >= 15 is 0 Å². The van der Waals surface area contributed by atoms with Crippen molar-refractivity contribution in [2.45, 2.75) is 33.7 Å². The maximum Gasteiger partial charge on any atom is 0.413 e. The van der Waals surface area contributed by atoms with E-state index < -0.39 is 46.6 Å². The van der Waals surface area contributed by atoms with Crippen molar-refractivity contribution in [3.8, 4) is 0 Å². The van der Waals surface area contributed by atoms with E-state index in [2.05, 4.69) is 0 Å². The molecule has 1 aliphatic carbocycles. The number of sulfone groups is 1. The standard InChI is InChI=1S/C14H15F3N2O4S2/c1-9-3-2-4-11(12(9)25(19,22)23)24(20,21)10-5-7-13(18,8-6-10)14(15,16)17/h2-8,10H,18H2,1H3,(H2,19,22,23). The second-order valence-electron chi connectivity index (χ2n) is 5.61. The van der Waals surface area contributed by atoms with Crippen LogP contribution in [0.2, 0.25) is 0 Å². The lowest BCUT2D eigenvalue weighted by Gasteiger charge is -2.29. The largest absolute Gasteiger partial charge is 0.413 e. The normalized spacial score (nSPS) is 24.5. The minimum atomic E-state index is -4.80. The Morgan fingerprint density at radius 3 is 2.04 bits per heavy atom. The molecule has 0 saturated carbocycles. The highest BCUT2D eigenvalue weighted by Crippen LogP contribution is 2.35. The molecule has 0 unspecified atom stereocenters. The number of hydrogen-bond acceptors (Lipinski definition) is 5. The summed E-state index contributed by atoms with van der Waals surface area (Å²) < 4.78 is 87.6. The summed E-state index contributed by atoms with van der Waals surface area (Å²) in [5, 5.41) is 3.58. The van der Waals surface area contributed by atoms with Crippen LogP contribution in [0.25, 0.3) is 0 Å². The van der Waals surface area contributed by atoms with Crippen LogP contribution in [0.3, 0.4) is 0 Å². The third-order valence-electron chi connectivity index (χ3n) is 3.74. The monoisotopic (exact) mass is 396 g/mol. The van der Waals surface area contributed by atoms with Crippen molar-refractivity contribution in [2.24, 2.45) is 10.9 Å². The van der Waals surface area contributed by atoms with Crippen molar-refractivity contribution in [1.82, 2.24) is 0 Å². The molecule has 11 heteroatoms. The predicted octanol–water partition coefficient (Wildman–Crippen LogP) is 1.17.